The van der Waals surface area contributed by atoms with Gasteiger partial charge in [0.15, 0.2) is 0 Å². The lowest BCUT2D eigenvalue weighted by Gasteiger charge is -2.05. The van der Waals surface area contributed by atoms with Crippen molar-refractivity contribution in [1.82, 2.24) is 4.72 Å². The van der Waals surface area contributed by atoms with Gasteiger partial charge in [-0.3, -0.25) is 0 Å². The minimum Gasteiger partial charge on any atom is -0.211 e. The van der Waals surface area contributed by atoms with Crippen molar-refractivity contribution >= 4 is 32.6 Å². The molecule has 0 unspecified atom stereocenters. The van der Waals surface area contributed by atoms with Gasteiger partial charge in [0.2, 0.25) is 10.0 Å². The fourth-order valence-corrected chi connectivity index (χ4v) is 2.81. The first-order chi connectivity index (χ1) is 6.47. The van der Waals surface area contributed by atoms with Gasteiger partial charge in [-0.15, -0.1) is 0 Å². The van der Waals surface area contributed by atoms with Crippen molar-refractivity contribution in [3.63, 3.8) is 0 Å². The van der Waals surface area contributed by atoms with Gasteiger partial charge in [-0.1, -0.05) is 13.0 Å². The van der Waals surface area contributed by atoms with Crippen LogP contribution in [-0.4, -0.2) is 15.0 Å². The van der Waals surface area contributed by atoms with Gasteiger partial charge >= 0.3 is 0 Å². The lowest BCUT2D eigenvalue weighted by Crippen LogP contribution is -2.23. The van der Waals surface area contributed by atoms with E-state index in [2.05, 4.69) is 27.3 Å². The number of benzene rings is 1. The first-order valence-electron chi connectivity index (χ1n) is 4.23. The number of halogens is 1. The summed E-state index contributed by atoms with van der Waals surface area (Å²) in [5.41, 5.74) is 1.08. The fraction of sp³-hybridized carbons (Fsp3) is 0.333. The van der Waals surface area contributed by atoms with Gasteiger partial charge in [0.25, 0.3) is 0 Å². The van der Waals surface area contributed by atoms with Crippen LogP contribution in [-0.2, 0) is 10.0 Å². The second-order valence-corrected chi connectivity index (χ2v) is 5.84. The summed E-state index contributed by atoms with van der Waals surface area (Å²) in [7, 11) is -3.30. The van der Waals surface area contributed by atoms with Crippen molar-refractivity contribution in [2.75, 3.05) is 6.54 Å². The Labute approximate surface area is 98.1 Å². The smallest absolute Gasteiger partial charge is 0.211 e. The first kappa shape index (κ1) is 11.9. The lowest BCUT2D eigenvalue weighted by molar-refractivity contribution is 0.584. The maximum absolute atomic E-state index is 11.6. The van der Waals surface area contributed by atoms with Crippen LogP contribution in [0.5, 0.6) is 0 Å². The number of aryl methyl sites for hydroxylation is 1. The number of hydrogen-bond acceptors (Lipinski definition) is 2. The highest BCUT2D eigenvalue weighted by Gasteiger charge is 2.12. The van der Waals surface area contributed by atoms with E-state index >= 15 is 0 Å². The molecule has 0 aliphatic rings. The number of hydrogen-bond donors (Lipinski definition) is 1. The van der Waals surface area contributed by atoms with Crippen molar-refractivity contribution < 1.29 is 8.42 Å². The summed E-state index contributed by atoms with van der Waals surface area (Å²) in [5, 5.41) is 0. The molecule has 0 spiro atoms. The van der Waals surface area contributed by atoms with E-state index in [1.165, 1.54) is 0 Å². The van der Waals surface area contributed by atoms with Crippen LogP contribution < -0.4 is 4.72 Å². The molecule has 78 valence electrons. The van der Waals surface area contributed by atoms with Crippen LogP contribution in [0.1, 0.15) is 12.5 Å². The highest BCUT2D eigenvalue weighted by molar-refractivity contribution is 14.1. The Morgan fingerprint density at radius 2 is 2.07 bits per heavy atom. The molecule has 5 heteroatoms. The molecule has 14 heavy (non-hydrogen) atoms. The van der Waals surface area contributed by atoms with E-state index in [4.69, 9.17) is 0 Å². The second-order valence-electron chi connectivity index (χ2n) is 2.91. The molecule has 0 bridgehead atoms. The summed E-state index contributed by atoms with van der Waals surface area (Å²) in [4.78, 5) is 0.328. The van der Waals surface area contributed by atoms with Gasteiger partial charge in [0, 0.05) is 10.1 Å². The van der Waals surface area contributed by atoms with Crippen molar-refractivity contribution in [3.8, 4) is 0 Å². The Balaban J connectivity index is 3.15. The van der Waals surface area contributed by atoms with E-state index < -0.39 is 10.0 Å². The molecular formula is C9H12INO2S. The Kier molecular flexibility index (Phi) is 3.91. The lowest BCUT2D eigenvalue weighted by atomic mass is 10.2. The molecular weight excluding hydrogens is 313 g/mol. The van der Waals surface area contributed by atoms with E-state index in [0.29, 0.717) is 11.4 Å². The van der Waals surface area contributed by atoms with Gasteiger partial charge in [-0.2, -0.15) is 0 Å². The summed E-state index contributed by atoms with van der Waals surface area (Å²) in [5.74, 6) is 0. The molecule has 3 nitrogen and oxygen atoms in total. The second kappa shape index (κ2) is 4.59. The summed E-state index contributed by atoms with van der Waals surface area (Å²) < 4.78 is 26.6. The Bertz CT molecular complexity index is 428. The van der Waals surface area contributed by atoms with Gasteiger partial charge in [-0.05, 0) is 47.2 Å². The molecule has 0 saturated carbocycles. The van der Waals surface area contributed by atoms with Crippen LogP contribution in [0.15, 0.2) is 23.1 Å². The normalized spacial score (nSPS) is 11.6. The van der Waals surface area contributed by atoms with Crippen LogP contribution >= 0.6 is 22.6 Å². The average Bonchev–Trinajstić information content (AvgIpc) is 2.09. The zero-order valence-corrected chi connectivity index (χ0v) is 11.0. The maximum atomic E-state index is 11.6. The van der Waals surface area contributed by atoms with Crippen molar-refractivity contribution in [1.29, 1.82) is 0 Å². The highest BCUT2D eigenvalue weighted by atomic mass is 127. The monoisotopic (exact) mass is 325 g/mol. The molecule has 1 aromatic carbocycles. The summed E-state index contributed by atoms with van der Waals surface area (Å²) >= 11 is 2.13. The number of nitrogens with one attached hydrogen (secondary N) is 1. The van der Waals surface area contributed by atoms with E-state index in [1.54, 1.807) is 19.1 Å². The van der Waals surface area contributed by atoms with Gasteiger partial charge in [0.05, 0.1) is 4.90 Å². The zero-order chi connectivity index (χ0) is 10.8. The molecule has 1 aromatic rings. The Morgan fingerprint density at radius 1 is 1.43 bits per heavy atom. The van der Waals surface area contributed by atoms with Crippen LogP contribution in [0.2, 0.25) is 0 Å². The molecule has 0 atom stereocenters. The molecule has 0 radical (unpaired) electrons. The van der Waals surface area contributed by atoms with Crippen LogP contribution in [0.25, 0.3) is 0 Å². The first-order valence-corrected chi connectivity index (χ1v) is 6.79. The standard InChI is InChI=1S/C9H12INO2S/c1-3-11-14(12,13)8-5-4-7(2)9(10)6-8/h4-6,11H,3H2,1-2H3. The third-order valence-electron chi connectivity index (χ3n) is 1.79. The third-order valence-corrected chi connectivity index (χ3v) is 4.49. The zero-order valence-electron chi connectivity index (χ0n) is 8.04. The average molecular weight is 325 g/mol. The van der Waals surface area contributed by atoms with E-state index in [0.717, 1.165) is 9.13 Å². The molecule has 0 saturated heterocycles. The van der Waals surface area contributed by atoms with Crippen LogP contribution in [0.3, 0.4) is 0 Å². The molecule has 0 aliphatic heterocycles. The molecule has 0 aliphatic carbocycles. The third kappa shape index (κ3) is 2.68. The Hall–Kier alpha value is -0.140. The topological polar surface area (TPSA) is 46.2 Å². The van der Waals surface area contributed by atoms with E-state index in [9.17, 15) is 8.42 Å². The molecule has 0 heterocycles. The predicted molar refractivity (Wildman–Crippen MR) is 64.8 cm³/mol. The van der Waals surface area contributed by atoms with Crippen molar-refractivity contribution in [3.05, 3.63) is 27.3 Å². The minimum atomic E-state index is -3.30. The quantitative estimate of drug-likeness (QED) is 0.863. The molecule has 0 aromatic heterocycles. The minimum absolute atomic E-state index is 0.328. The van der Waals surface area contributed by atoms with E-state index in [1.807, 2.05) is 13.0 Å². The maximum Gasteiger partial charge on any atom is 0.240 e. The fourth-order valence-electron chi connectivity index (χ4n) is 1.01. The van der Waals surface area contributed by atoms with Crippen molar-refractivity contribution in [2.45, 2.75) is 18.7 Å². The Morgan fingerprint density at radius 3 is 2.57 bits per heavy atom. The SMILES string of the molecule is CCNS(=O)(=O)c1ccc(C)c(I)c1. The molecule has 0 amide bonds. The van der Waals surface area contributed by atoms with Crippen LogP contribution in [0.4, 0.5) is 0 Å². The number of sulfonamides is 1. The largest absolute Gasteiger partial charge is 0.240 e. The summed E-state index contributed by atoms with van der Waals surface area (Å²) in [6.07, 6.45) is 0. The van der Waals surface area contributed by atoms with E-state index in [-0.39, 0.29) is 0 Å². The van der Waals surface area contributed by atoms with Gasteiger partial charge in [-0.25, -0.2) is 13.1 Å². The summed E-state index contributed by atoms with van der Waals surface area (Å²) in [6, 6.07) is 5.11. The summed E-state index contributed by atoms with van der Waals surface area (Å²) in [6.45, 7) is 4.12. The molecule has 1 rings (SSSR count). The predicted octanol–water partition coefficient (Wildman–Crippen LogP) is 1.90. The van der Waals surface area contributed by atoms with Crippen molar-refractivity contribution in [2.24, 2.45) is 0 Å². The van der Waals surface area contributed by atoms with Crippen LogP contribution in [0, 0.1) is 10.5 Å². The molecule has 1 N–H and O–H groups in total. The van der Waals surface area contributed by atoms with Gasteiger partial charge < -0.3 is 0 Å². The molecule has 0 fully saturated rings. The number of rotatable bonds is 3. The van der Waals surface area contributed by atoms with Gasteiger partial charge in [0.1, 0.15) is 0 Å². The highest BCUT2D eigenvalue weighted by Crippen LogP contribution is 2.16.